The van der Waals surface area contributed by atoms with Crippen molar-refractivity contribution in [2.75, 3.05) is 0 Å². The monoisotopic (exact) mass is 388 g/mol. The number of hydrogen-bond acceptors (Lipinski definition) is 7. The van der Waals surface area contributed by atoms with Gasteiger partial charge in [-0.2, -0.15) is 0 Å². The SMILES string of the molecule is Cc1ncsc1C(C)OC(=O)c1cccnc1C1NC(=O)C(C)(C(C)C)N1. The quantitative estimate of drug-likeness (QED) is 0.765. The normalized spacial score (nSPS) is 23.3. The highest BCUT2D eigenvalue weighted by Gasteiger charge is 2.46. The van der Waals surface area contributed by atoms with Gasteiger partial charge in [-0.15, -0.1) is 11.3 Å². The summed E-state index contributed by atoms with van der Waals surface area (Å²) in [5.41, 5.74) is 2.64. The van der Waals surface area contributed by atoms with Gasteiger partial charge in [0, 0.05) is 6.20 Å². The van der Waals surface area contributed by atoms with Crippen molar-refractivity contribution in [3.63, 3.8) is 0 Å². The maximum Gasteiger partial charge on any atom is 0.340 e. The number of aryl methyl sites for hydroxylation is 1. The van der Waals surface area contributed by atoms with Gasteiger partial charge < -0.3 is 10.1 Å². The van der Waals surface area contributed by atoms with Crippen molar-refractivity contribution in [2.45, 2.75) is 52.4 Å². The van der Waals surface area contributed by atoms with Crippen LogP contribution < -0.4 is 10.6 Å². The van der Waals surface area contributed by atoms with E-state index in [1.165, 1.54) is 11.3 Å². The van der Waals surface area contributed by atoms with Crippen LogP contribution in [0, 0.1) is 12.8 Å². The number of ether oxygens (including phenoxy) is 1. The Labute approximate surface area is 162 Å². The molecular formula is C19H24N4O3S. The van der Waals surface area contributed by atoms with Gasteiger partial charge in [0.15, 0.2) is 0 Å². The third-order valence-corrected chi connectivity index (χ3v) is 6.21. The van der Waals surface area contributed by atoms with E-state index in [4.69, 9.17) is 4.74 Å². The molecular weight excluding hydrogens is 364 g/mol. The molecule has 3 heterocycles. The number of thiazole rings is 1. The molecule has 1 saturated heterocycles. The number of pyridine rings is 1. The fourth-order valence-corrected chi connectivity index (χ4v) is 3.83. The summed E-state index contributed by atoms with van der Waals surface area (Å²) in [6.45, 7) is 9.50. The number of rotatable bonds is 5. The molecule has 8 heteroatoms. The number of esters is 1. The molecule has 0 spiro atoms. The zero-order valence-corrected chi connectivity index (χ0v) is 16.9. The smallest absolute Gasteiger partial charge is 0.340 e. The predicted molar refractivity (Wildman–Crippen MR) is 102 cm³/mol. The van der Waals surface area contributed by atoms with Crippen molar-refractivity contribution >= 4 is 23.2 Å². The molecule has 3 unspecified atom stereocenters. The number of nitrogens with one attached hydrogen (secondary N) is 2. The van der Waals surface area contributed by atoms with E-state index in [1.54, 1.807) is 23.8 Å². The summed E-state index contributed by atoms with van der Waals surface area (Å²) < 4.78 is 5.64. The molecule has 1 fully saturated rings. The van der Waals surface area contributed by atoms with Gasteiger partial charge in [-0.1, -0.05) is 13.8 Å². The Morgan fingerprint density at radius 1 is 1.33 bits per heavy atom. The number of hydrogen-bond donors (Lipinski definition) is 2. The Hall–Kier alpha value is -2.32. The average Bonchev–Trinajstić information content (AvgIpc) is 3.19. The lowest BCUT2D eigenvalue weighted by Gasteiger charge is -2.26. The highest BCUT2D eigenvalue weighted by atomic mass is 32.1. The standard InChI is InChI=1S/C19H24N4O3S/c1-10(2)19(5)18(25)22-16(23-19)14-13(7-6-8-20-14)17(24)26-12(4)15-11(3)21-9-27-15/h6-10,12,16,23H,1-5H3,(H,22,25). The molecule has 2 N–H and O–H groups in total. The first-order valence-corrected chi connectivity index (χ1v) is 9.76. The number of carbonyl (C=O) groups is 2. The minimum atomic E-state index is -0.726. The second kappa shape index (κ2) is 7.36. The van der Waals surface area contributed by atoms with Crippen LogP contribution in [0.1, 0.15) is 66.6 Å². The largest absolute Gasteiger partial charge is 0.453 e. The first-order chi connectivity index (χ1) is 12.7. The maximum absolute atomic E-state index is 12.8. The van der Waals surface area contributed by atoms with E-state index in [1.807, 2.05) is 34.6 Å². The molecule has 0 bridgehead atoms. The molecule has 2 aromatic heterocycles. The molecule has 1 aliphatic heterocycles. The molecule has 3 atom stereocenters. The van der Waals surface area contributed by atoms with Gasteiger partial charge in [-0.25, -0.2) is 9.78 Å². The van der Waals surface area contributed by atoms with Crippen molar-refractivity contribution in [2.24, 2.45) is 5.92 Å². The van der Waals surface area contributed by atoms with E-state index in [0.717, 1.165) is 10.6 Å². The second-order valence-corrected chi connectivity index (χ2v) is 8.08. The number of amides is 1. The fraction of sp³-hybridized carbons (Fsp3) is 0.474. The first kappa shape index (κ1) is 19.4. The van der Waals surface area contributed by atoms with Crippen LogP contribution in [0.5, 0.6) is 0 Å². The summed E-state index contributed by atoms with van der Waals surface area (Å²) >= 11 is 1.45. The van der Waals surface area contributed by atoms with E-state index < -0.39 is 23.8 Å². The Kier molecular flexibility index (Phi) is 5.30. The van der Waals surface area contributed by atoms with Crippen LogP contribution in [0.3, 0.4) is 0 Å². The van der Waals surface area contributed by atoms with E-state index in [-0.39, 0.29) is 11.8 Å². The molecule has 7 nitrogen and oxygen atoms in total. The summed E-state index contributed by atoms with van der Waals surface area (Å²) in [6, 6.07) is 3.34. The third-order valence-electron chi connectivity index (χ3n) is 5.11. The summed E-state index contributed by atoms with van der Waals surface area (Å²) in [6.07, 6.45) is 0.640. The van der Waals surface area contributed by atoms with Gasteiger partial charge in [0.1, 0.15) is 12.3 Å². The van der Waals surface area contributed by atoms with Gasteiger partial charge in [0.05, 0.1) is 32.9 Å². The lowest BCUT2D eigenvalue weighted by molar-refractivity contribution is -0.125. The lowest BCUT2D eigenvalue weighted by atomic mass is 9.89. The van der Waals surface area contributed by atoms with Crippen LogP contribution in [0.2, 0.25) is 0 Å². The van der Waals surface area contributed by atoms with Gasteiger partial charge >= 0.3 is 5.97 Å². The molecule has 2 aromatic rings. The van der Waals surface area contributed by atoms with Crippen LogP contribution in [0.15, 0.2) is 23.8 Å². The molecule has 0 aliphatic carbocycles. The van der Waals surface area contributed by atoms with E-state index in [9.17, 15) is 9.59 Å². The molecule has 0 aromatic carbocycles. The molecule has 27 heavy (non-hydrogen) atoms. The Morgan fingerprint density at radius 3 is 2.67 bits per heavy atom. The van der Waals surface area contributed by atoms with Crippen molar-refractivity contribution in [1.82, 2.24) is 20.6 Å². The molecule has 3 rings (SSSR count). The number of aromatic nitrogens is 2. The molecule has 0 radical (unpaired) electrons. The first-order valence-electron chi connectivity index (χ1n) is 8.88. The number of carbonyl (C=O) groups excluding carboxylic acids is 2. The second-order valence-electron chi connectivity index (χ2n) is 7.19. The predicted octanol–water partition coefficient (Wildman–Crippen LogP) is 2.90. The Morgan fingerprint density at radius 2 is 2.07 bits per heavy atom. The Balaban J connectivity index is 1.83. The van der Waals surface area contributed by atoms with Crippen LogP contribution in [-0.2, 0) is 9.53 Å². The van der Waals surface area contributed by atoms with Gasteiger partial charge in [0.25, 0.3) is 0 Å². The highest BCUT2D eigenvalue weighted by Crippen LogP contribution is 2.30. The topological polar surface area (TPSA) is 93.2 Å². The molecule has 1 amide bonds. The van der Waals surface area contributed by atoms with Crippen molar-refractivity contribution in [1.29, 1.82) is 0 Å². The van der Waals surface area contributed by atoms with Crippen molar-refractivity contribution in [3.8, 4) is 0 Å². The molecule has 0 saturated carbocycles. The minimum absolute atomic E-state index is 0.0796. The van der Waals surface area contributed by atoms with E-state index in [0.29, 0.717) is 11.3 Å². The van der Waals surface area contributed by atoms with Crippen LogP contribution >= 0.6 is 11.3 Å². The maximum atomic E-state index is 12.8. The summed E-state index contributed by atoms with van der Waals surface area (Å²) in [5, 5.41) is 6.18. The summed E-state index contributed by atoms with van der Waals surface area (Å²) in [4.78, 5) is 34.7. The minimum Gasteiger partial charge on any atom is -0.453 e. The molecule has 144 valence electrons. The number of nitrogens with zero attached hydrogens (tertiary/aromatic N) is 2. The van der Waals surface area contributed by atoms with Crippen molar-refractivity contribution < 1.29 is 14.3 Å². The summed E-state index contributed by atoms with van der Waals surface area (Å²) in [7, 11) is 0. The zero-order chi connectivity index (χ0) is 19.8. The van der Waals surface area contributed by atoms with Gasteiger partial charge in [-0.3, -0.25) is 15.1 Å². The van der Waals surface area contributed by atoms with Crippen LogP contribution in [0.4, 0.5) is 0 Å². The van der Waals surface area contributed by atoms with Crippen LogP contribution in [-0.4, -0.2) is 27.4 Å². The van der Waals surface area contributed by atoms with E-state index >= 15 is 0 Å². The van der Waals surface area contributed by atoms with Crippen molar-refractivity contribution in [3.05, 3.63) is 45.7 Å². The van der Waals surface area contributed by atoms with Gasteiger partial charge in [-0.05, 0) is 38.8 Å². The van der Waals surface area contributed by atoms with Crippen LogP contribution in [0.25, 0.3) is 0 Å². The fourth-order valence-electron chi connectivity index (χ4n) is 3.05. The van der Waals surface area contributed by atoms with Gasteiger partial charge in [0.2, 0.25) is 5.91 Å². The summed E-state index contributed by atoms with van der Waals surface area (Å²) in [5.74, 6) is -0.510. The van der Waals surface area contributed by atoms with E-state index in [2.05, 4.69) is 20.6 Å². The lowest BCUT2D eigenvalue weighted by Crippen LogP contribution is -2.48. The molecule has 1 aliphatic rings. The average molecular weight is 388 g/mol. The highest BCUT2D eigenvalue weighted by molar-refractivity contribution is 7.09. The zero-order valence-electron chi connectivity index (χ0n) is 16.1. The third kappa shape index (κ3) is 3.59. The Bertz CT molecular complexity index is 866.